The fourth-order valence-corrected chi connectivity index (χ4v) is 8.66. The molecular formula is C22H28O7. The van der Waals surface area contributed by atoms with E-state index in [1.54, 1.807) is 0 Å². The summed E-state index contributed by atoms with van der Waals surface area (Å²) in [6, 6.07) is 0. The molecule has 4 saturated carbocycles. The van der Waals surface area contributed by atoms with Gasteiger partial charge < -0.3 is 24.4 Å². The number of hydrogen-bond acceptors (Lipinski definition) is 7. The number of carbonyl (C=O) groups excluding carboxylic acids is 2. The molecule has 3 aliphatic heterocycles. The quantitative estimate of drug-likeness (QED) is 0.502. The number of Topliss-reactive ketones (excluding diaryl/α,β-unsaturated/α-hetero) is 1. The summed E-state index contributed by atoms with van der Waals surface area (Å²) in [6.45, 7) is 7.46. The van der Waals surface area contributed by atoms with Gasteiger partial charge in [-0.1, -0.05) is 19.9 Å². The van der Waals surface area contributed by atoms with Crippen LogP contribution in [0.3, 0.4) is 0 Å². The molecule has 7 fully saturated rings. The summed E-state index contributed by atoms with van der Waals surface area (Å²) in [5.74, 6) is -1.25. The Morgan fingerprint density at radius 2 is 2.00 bits per heavy atom. The molecule has 3 saturated heterocycles. The SMILES string of the molecule is C=C1C(=O)[C@]23[C@H](O)[C@H]1C[C@H](OC(C)=O)[C@H]2[C@@]12CCC[C@@]4(C)C(O)O[C@@H]1O[C@@H]3C[C@@H]24. The lowest BCUT2D eigenvalue weighted by atomic mass is 9.36. The Hall–Kier alpha value is -1.28. The number of aliphatic hydroxyl groups is 2. The van der Waals surface area contributed by atoms with E-state index in [2.05, 4.69) is 13.5 Å². The number of ketones is 1. The van der Waals surface area contributed by atoms with Crippen LogP contribution in [-0.2, 0) is 23.8 Å². The smallest absolute Gasteiger partial charge is 0.302 e. The molecule has 2 spiro atoms. The molecule has 4 aliphatic carbocycles. The van der Waals surface area contributed by atoms with Crippen LogP contribution in [0.4, 0.5) is 0 Å². The van der Waals surface area contributed by atoms with E-state index in [4.69, 9.17) is 14.2 Å². The number of ether oxygens (including phenoxy) is 3. The first-order chi connectivity index (χ1) is 13.7. The van der Waals surface area contributed by atoms with E-state index < -0.39 is 59.0 Å². The Morgan fingerprint density at radius 1 is 1.24 bits per heavy atom. The van der Waals surface area contributed by atoms with Gasteiger partial charge in [-0.15, -0.1) is 0 Å². The monoisotopic (exact) mass is 404 g/mol. The lowest BCUT2D eigenvalue weighted by Crippen LogP contribution is -2.81. The van der Waals surface area contributed by atoms with Crippen molar-refractivity contribution in [1.29, 1.82) is 0 Å². The van der Waals surface area contributed by atoms with E-state index >= 15 is 0 Å². The van der Waals surface area contributed by atoms with E-state index in [0.29, 0.717) is 18.4 Å². The number of aliphatic hydroxyl groups excluding tert-OH is 2. The van der Waals surface area contributed by atoms with E-state index in [-0.39, 0.29) is 17.7 Å². The maximum absolute atomic E-state index is 13.6. The maximum Gasteiger partial charge on any atom is 0.302 e. The molecule has 7 bridgehead atoms. The molecule has 7 nitrogen and oxygen atoms in total. The predicted molar refractivity (Wildman–Crippen MR) is 98.0 cm³/mol. The molecular weight excluding hydrogens is 376 g/mol. The number of hydrogen-bond donors (Lipinski definition) is 2. The van der Waals surface area contributed by atoms with E-state index in [0.717, 1.165) is 19.3 Å². The third kappa shape index (κ3) is 1.75. The third-order valence-electron chi connectivity index (χ3n) is 9.57. The number of esters is 1. The normalized spacial score (nSPS) is 59.4. The van der Waals surface area contributed by atoms with Crippen LogP contribution in [0.1, 0.15) is 46.0 Å². The molecule has 7 aliphatic rings. The highest BCUT2D eigenvalue weighted by molar-refractivity contribution is 6.04. The molecule has 0 amide bonds. The molecule has 3 heterocycles. The van der Waals surface area contributed by atoms with Crippen molar-refractivity contribution >= 4 is 11.8 Å². The summed E-state index contributed by atoms with van der Waals surface area (Å²) < 4.78 is 18.2. The first kappa shape index (κ1) is 18.5. The zero-order valence-electron chi connectivity index (χ0n) is 16.8. The van der Waals surface area contributed by atoms with Gasteiger partial charge in [-0.2, -0.15) is 0 Å². The Morgan fingerprint density at radius 3 is 2.72 bits per heavy atom. The van der Waals surface area contributed by atoms with Crippen molar-refractivity contribution in [3.8, 4) is 0 Å². The van der Waals surface area contributed by atoms with E-state index in [9.17, 15) is 19.8 Å². The highest BCUT2D eigenvalue weighted by Crippen LogP contribution is 2.77. The highest BCUT2D eigenvalue weighted by atomic mass is 16.7. The summed E-state index contributed by atoms with van der Waals surface area (Å²) >= 11 is 0. The second kappa shape index (κ2) is 5.31. The minimum absolute atomic E-state index is 0.0790. The molecule has 7 heteroatoms. The van der Waals surface area contributed by atoms with E-state index in [1.165, 1.54) is 6.92 Å². The first-order valence-electron chi connectivity index (χ1n) is 10.8. The summed E-state index contributed by atoms with van der Waals surface area (Å²) in [5, 5.41) is 22.2. The summed E-state index contributed by atoms with van der Waals surface area (Å²) in [7, 11) is 0. The van der Waals surface area contributed by atoms with Crippen molar-refractivity contribution in [1.82, 2.24) is 0 Å². The number of rotatable bonds is 1. The van der Waals surface area contributed by atoms with Gasteiger partial charge in [0, 0.05) is 29.6 Å². The molecule has 0 aromatic rings. The average molecular weight is 404 g/mol. The van der Waals surface area contributed by atoms with Crippen LogP contribution < -0.4 is 0 Å². The van der Waals surface area contributed by atoms with Gasteiger partial charge in [-0.05, 0) is 37.2 Å². The Bertz CT molecular complexity index is 839. The minimum atomic E-state index is -1.14. The van der Waals surface area contributed by atoms with Gasteiger partial charge in [-0.3, -0.25) is 9.59 Å². The van der Waals surface area contributed by atoms with Gasteiger partial charge >= 0.3 is 5.97 Å². The van der Waals surface area contributed by atoms with E-state index in [1.807, 2.05) is 0 Å². The van der Waals surface area contributed by atoms with Crippen molar-refractivity contribution in [2.75, 3.05) is 0 Å². The van der Waals surface area contributed by atoms with Crippen molar-refractivity contribution < 1.29 is 34.0 Å². The second-order valence-electron chi connectivity index (χ2n) is 10.4. The van der Waals surface area contributed by atoms with Crippen LogP contribution in [-0.4, -0.2) is 52.9 Å². The molecule has 7 rings (SSSR count). The summed E-state index contributed by atoms with van der Waals surface area (Å²) in [4.78, 5) is 25.6. The zero-order chi connectivity index (χ0) is 20.5. The molecule has 158 valence electrons. The molecule has 0 aromatic carbocycles. The van der Waals surface area contributed by atoms with Gasteiger partial charge in [0.15, 0.2) is 18.4 Å². The van der Waals surface area contributed by atoms with Gasteiger partial charge in [0.1, 0.15) is 6.10 Å². The first-order valence-corrected chi connectivity index (χ1v) is 10.8. The van der Waals surface area contributed by atoms with Crippen LogP contribution in [0.25, 0.3) is 0 Å². The van der Waals surface area contributed by atoms with Crippen molar-refractivity contribution in [2.45, 2.75) is 76.8 Å². The Labute approximate surface area is 169 Å². The maximum atomic E-state index is 13.6. The lowest BCUT2D eigenvalue weighted by Gasteiger charge is -2.75. The largest absolute Gasteiger partial charge is 0.462 e. The van der Waals surface area contributed by atoms with Gasteiger partial charge in [-0.25, -0.2) is 0 Å². The van der Waals surface area contributed by atoms with Gasteiger partial charge in [0.05, 0.1) is 17.6 Å². The van der Waals surface area contributed by atoms with Gasteiger partial charge in [0.25, 0.3) is 0 Å². The second-order valence-corrected chi connectivity index (χ2v) is 10.4. The van der Waals surface area contributed by atoms with Crippen molar-refractivity contribution in [3.05, 3.63) is 12.2 Å². The van der Waals surface area contributed by atoms with Crippen molar-refractivity contribution in [3.63, 3.8) is 0 Å². The van der Waals surface area contributed by atoms with Crippen LogP contribution in [0.15, 0.2) is 12.2 Å². The summed E-state index contributed by atoms with van der Waals surface area (Å²) in [5.41, 5.74) is -1.74. The highest BCUT2D eigenvalue weighted by Gasteiger charge is 2.84. The zero-order valence-corrected chi connectivity index (χ0v) is 16.8. The van der Waals surface area contributed by atoms with Crippen LogP contribution in [0.5, 0.6) is 0 Å². The van der Waals surface area contributed by atoms with Crippen LogP contribution in [0, 0.1) is 34.0 Å². The number of carbonyl (C=O) groups is 2. The molecule has 29 heavy (non-hydrogen) atoms. The predicted octanol–water partition coefficient (Wildman–Crippen LogP) is 1.31. The lowest BCUT2D eigenvalue weighted by molar-refractivity contribution is -0.468. The molecule has 11 atom stereocenters. The Kier molecular flexibility index (Phi) is 3.38. The standard InChI is InChI=1S/C22H28O7/c1-9-11-7-12(27-10(2)23)15-21-6-4-5-20(3)13(21)8-14(28-19(21)29-18(20)26)22(15,16(9)24)17(11)25/h11-15,17-19,25-26H,1,4-8H2,2-3H3/t11-,12-,13+,14+,15-,17+,18?,19-,20+,21-,22+/m0/s1. The average Bonchev–Trinajstić information content (AvgIpc) is 2.77. The molecule has 0 aromatic heterocycles. The third-order valence-corrected chi connectivity index (χ3v) is 9.57. The fourth-order valence-electron chi connectivity index (χ4n) is 8.66. The fraction of sp³-hybridized carbons (Fsp3) is 0.818. The van der Waals surface area contributed by atoms with Crippen molar-refractivity contribution in [2.24, 2.45) is 34.0 Å². The van der Waals surface area contributed by atoms with Crippen LogP contribution in [0.2, 0.25) is 0 Å². The van der Waals surface area contributed by atoms with Crippen LogP contribution >= 0.6 is 0 Å². The molecule has 0 radical (unpaired) electrons. The molecule has 2 N–H and O–H groups in total. The number of fused-ring (bicyclic) bond motifs is 1. The summed E-state index contributed by atoms with van der Waals surface area (Å²) in [6.07, 6.45) is -0.0457. The minimum Gasteiger partial charge on any atom is -0.462 e. The Balaban J connectivity index is 1.60. The topological polar surface area (TPSA) is 102 Å². The molecule has 1 unspecified atom stereocenters. The van der Waals surface area contributed by atoms with Gasteiger partial charge in [0.2, 0.25) is 0 Å².